The number of benzene rings is 1. The molecule has 0 heterocycles. The van der Waals surface area contributed by atoms with Crippen LogP contribution in [-0.4, -0.2) is 25.3 Å². The molecular formula is C10H10BrFO4. The van der Waals surface area contributed by atoms with Gasteiger partial charge < -0.3 is 14.6 Å². The molecular weight excluding hydrogens is 283 g/mol. The number of hydrogen-bond acceptors (Lipinski definition) is 3. The van der Waals surface area contributed by atoms with E-state index in [-0.39, 0.29) is 21.5 Å². The van der Waals surface area contributed by atoms with E-state index in [1.54, 1.807) is 0 Å². The molecule has 1 rings (SSSR count). The van der Waals surface area contributed by atoms with Crippen molar-refractivity contribution in [2.24, 2.45) is 0 Å². The molecule has 0 saturated heterocycles. The van der Waals surface area contributed by atoms with Gasteiger partial charge in [0.05, 0.1) is 25.1 Å². The van der Waals surface area contributed by atoms with Gasteiger partial charge in [-0.25, -0.2) is 4.39 Å². The Morgan fingerprint density at radius 3 is 2.56 bits per heavy atom. The molecule has 0 saturated carbocycles. The number of carboxylic acids is 1. The first-order chi connectivity index (χ1) is 7.51. The first-order valence-corrected chi connectivity index (χ1v) is 5.11. The molecule has 1 N–H and O–H groups in total. The fourth-order valence-electron chi connectivity index (χ4n) is 1.27. The third-order valence-electron chi connectivity index (χ3n) is 1.99. The van der Waals surface area contributed by atoms with Crippen LogP contribution < -0.4 is 9.47 Å². The molecule has 1 aromatic carbocycles. The van der Waals surface area contributed by atoms with E-state index in [1.165, 1.54) is 14.2 Å². The van der Waals surface area contributed by atoms with E-state index in [1.807, 2.05) is 0 Å². The average molecular weight is 293 g/mol. The number of carboxylic acid groups (broad SMARTS) is 1. The molecule has 0 spiro atoms. The highest BCUT2D eigenvalue weighted by atomic mass is 79.9. The summed E-state index contributed by atoms with van der Waals surface area (Å²) in [6, 6.07) is 1.10. The van der Waals surface area contributed by atoms with Crippen LogP contribution in [0.25, 0.3) is 0 Å². The van der Waals surface area contributed by atoms with E-state index in [9.17, 15) is 9.18 Å². The topological polar surface area (TPSA) is 55.8 Å². The maximum atomic E-state index is 13.5. The van der Waals surface area contributed by atoms with Crippen molar-refractivity contribution in [3.05, 3.63) is 21.9 Å². The van der Waals surface area contributed by atoms with E-state index < -0.39 is 18.2 Å². The Hall–Kier alpha value is -1.30. The van der Waals surface area contributed by atoms with Crippen molar-refractivity contribution in [1.29, 1.82) is 0 Å². The first kappa shape index (κ1) is 12.8. The van der Waals surface area contributed by atoms with Crippen LogP contribution in [0.1, 0.15) is 5.56 Å². The van der Waals surface area contributed by atoms with Crippen LogP contribution in [0.5, 0.6) is 11.5 Å². The van der Waals surface area contributed by atoms with Crippen LogP contribution in [0.15, 0.2) is 10.5 Å². The van der Waals surface area contributed by atoms with Gasteiger partial charge in [-0.2, -0.15) is 0 Å². The quantitative estimate of drug-likeness (QED) is 0.925. The minimum absolute atomic E-state index is 0.0325. The van der Waals surface area contributed by atoms with Crippen LogP contribution in [0.4, 0.5) is 4.39 Å². The molecule has 0 amide bonds. The molecule has 0 aliphatic rings. The van der Waals surface area contributed by atoms with Gasteiger partial charge in [-0.05, 0) is 15.9 Å². The van der Waals surface area contributed by atoms with Crippen molar-refractivity contribution >= 4 is 21.9 Å². The lowest BCUT2D eigenvalue weighted by molar-refractivity contribution is -0.136. The highest BCUT2D eigenvalue weighted by Gasteiger charge is 2.19. The van der Waals surface area contributed by atoms with Gasteiger partial charge in [0.2, 0.25) is 0 Å². The molecule has 0 bridgehead atoms. The fourth-order valence-corrected chi connectivity index (χ4v) is 1.96. The van der Waals surface area contributed by atoms with E-state index >= 15 is 0 Å². The van der Waals surface area contributed by atoms with Crippen LogP contribution in [-0.2, 0) is 11.2 Å². The number of ether oxygens (including phenoxy) is 2. The number of halogens is 2. The molecule has 6 heteroatoms. The van der Waals surface area contributed by atoms with Gasteiger partial charge in [0, 0.05) is 11.6 Å². The molecule has 0 aliphatic heterocycles. The van der Waals surface area contributed by atoms with Crippen molar-refractivity contribution in [2.45, 2.75) is 6.42 Å². The van der Waals surface area contributed by atoms with E-state index in [4.69, 9.17) is 14.6 Å². The van der Waals surface area contributed by atoms with E-state index in [0.29, 0.717) is 0 Å². The number of carbonyl (C=O) groups is 1. The summed E-state index contributed by atoms with van der Waals surface area (Å²) >= 11 is 3.10. The SMILES string of the molecule is COc1cc(F)c(CC(=O)O)c(Br)c1OC. The highest BCUT2D eigenvalue weighted by molar-refractivity contribution is 9.10. The largest absolute Gasteiger partial charge is 0.493 e. The molecule has 16 heavy (non-hydrogen) atoms. The molecule has 0 fully saturated rings. The van der Waals surface area contributed by atoms with Gasteiger partial charge >= 0.3 is 5.97 Å². The molecule has 0 radical (unpaired) electrons. The summed E-state index contributed by atoms with van der Waals surface area (Å²) in [6.45, 7) is 0. The van der Waals surface area contributed by atoms with Crippen molar-refractivity contribution < 1.29 is 23.8 Å². The standard InChI is InChI=1S/C10H10BrFO4/c1-15-7-4-6(12)5(3-8(13)14)9(11)10(7)16-2/h4H,3H2,1-2H3,(H,13,14). The Kier molecular flexibility index (Phi) is 4.12. The van der Waals surface area contributed by atoms with Crippen LogP contribution in [0, 0.1) is 5.82 Å². The van der Waals surface area contributed by atoms with Crippen molar-refractivity contribution in [1.82, 2.24) is 0 Å². The maximum Gasteiger partial charge on any atom is 0.307 e. The summed E-state index contributed by atoms with van der Waals surface area (Å²) in [6.07, 6.45) is -0.424. The first-order valence-electron chi connectivity index (χ1n) is 4.31. The zero-order valence-electron chi connectivity index (χ0n) is 8.71. The second-order valence-corrected chi connectivity index (χ2v) is 3.75. The highest BCUT2D eigenvalue weighted by Crippen LogP contribution is 2.39. The Morgan fingerprint density at radius 2 is 2.12 bits per heavy atom. The second kappa shape index (κ2) is 5.16. The maximum absolute atomic E-state index is 13.5. The lowest BCUT2D eigenvalue weighted by Gasteiger charge is -2.13. The lowest BCUT2D eigenvalue weighted by Crippen LogP contribution is -2.05. The number of aliphatic carboxylic acids is 1. The molecule has 1 aromatic rings. The lowest BCUT2D eigenvalue weighted by atomic mass is 10.1. The van der Waals surface area contributed by atoms with E-state index in [2.05, 4.69) is 15.9 Å². The Balaban J connectivity index is 3.34. The predicted molar refractivity (Wildman–Crippen MR) is 58.5 cm³/mol. The van der Waals surface area contributed by atoms with Gasteiger partial charge in [-0.1, -0.05) is 0 Å². The molecule has 0 aromatic heterocycles. The Labute approximate surface area is 100 Å². The molecule has 0 aliphatic carbocycles. The smallest absolute Gasteiger partial charge is 0.307 e. The summed E-state index contributed by atoms with van der Waals surface area (Å²) in [5.41, 5.74) is 0.0325. The van der Waals surface area contributed by atoms with Gasteiger partial charge in [0.15, 0.2) is 11.5 Å². The van der Waals surface area contributed by atoms with Crippen molar-refractivity contribution in [2.75, 3.05) is 14.2 Å². The molecule has 4 nitrogen and oxygen atoms in total. The Morgan fingerprint density at radius 1 is 1.50 bits per heavy atom. The van der Waals surface area contributed by atoms with Crippen LogP contribution >= 0.6 is 15.9 Å². The summed E-state index contributed by atoms with van der Waals surface area (Å²) in [5, 5.41) is 8.65. The average Bonchev–Trinajstić information content (AvgIpc) is 2.23. The Bertz CT molecular complexity index is 420. The second-order valence-electron chi connectivity index (χ2n) is 2.96. The monoisotopic (exact) mass is 292 g/mol. The normalized spacial score (nSPS) is 10.0. The number of hydrogen-bond donors (Lipinski definition) is 1. The predicted octanol–water partition coefficient (Wildman–Crippen LogP) is 2.23. The zero-order chi connectivity index (χ0) is 12.3. The number of methoxy groups -OCH3 is 2. The van der Waals surface area contributed by atoms with Gasteiger partial charge in [0.25, 0.3) is 0 Å². The minimum atomic E-state index is -1.12. The third kappa shape index (κ3) is 2.44. The van der Waals surface area contributed by atoms with Crippen LogP contribution in [0.3, 0.4) is 0 Å². The van der Waals surface area contributed by atoms with E-state index in [0.717, 1.165) is 6.07 Å². The molecule has 88 valence electrons. The van der Waals surface area contributed by atoms with Gasteiger partial charge in [0.1, 0.15) is 5.82 Å². The van der Waals surface area contributed by atoms with Crippen LogP contribution in [0.2, 0.25) is 0 Å². The molecule has 0 atom stereocenters. The third-order valence-corrected chi connectivity index (χ3v) is 2.82. The minimum Gasteiger partial charge on any atom is -0.493 e. The summed E-state index contributed by atoms with van der Waals surface area (Å²) in [7, 11) is 2.77. The zero-order valence-corrected chi connectivity index (χ0v) is 10.3. The summed E-state index contributed by atoms with van der Waals surface area (Å²) in [4.78, 5) is 10.6. The van der Waals surface area contributed by atoms with Crippen molar-refractivity contribution in [3.8, 4) is 11.5 Å². The fraction of sp³-hybridized carbons (Fsp3) is 0.300. The summed E-state index contributed by atoms with van der Waals surface area (Å²) in [5.74, 6) is -1.28. The van der Waals surface area contributed by atoms with Gasteiger partial charge in [-0.15, -0.1) is 0 Å². The van der Waals surface area contributed by atoms with Crippen molar-refractivity contribution in [3.63, 3.8) is 0 Å². The summed E-state index contributed by atoms with van der Waals surface area (Å²) < 4.78 is 23.7. The molecule has 0 unspecified atom stereocenters. The number of rotatable bonds is 4. The van der Waals surface area contributed by atoms with Gasteiger partial charge in [-0.3, -0.25) is 4.79 Å².